The Morgan fingerprint density at radius 1 is 1.09 bits per heavy atom. The van der Waals surface area contributed by atoms with Crippen molar-refractivity contribution in [3.05, 3.63) is 82.7 Å². The monoisotopic (exact) mass is 961 g/mol. The fourth-order valence-electron chi connectivity index (χ4n) is 8.35. The number of hydrogen-bond donors (Lipinski definition) is 4. The number of aliphatic imine (C=N–C) groups is 1. The second-order valence-electron chi connectivity index (χ2n) is 18.8. The summed E-state index contributed by atoms with van der Waals surface area (Å²) < 4.78 is 95.7. The summed E-state index contributed by atoms with van der Waals surface area (Å²) >= 11 is 1.46. The second kappa shape index (κ2) is 19.0. The summed E-state index contributed by atoms with van der Waals surface area (Å²) in [6, 6.07) is 7.59. The van der Waals surface area contributed by atoms with Crippen molar-refractivity contribution >= 4 is 47.3 Å². The lowest BCUT2D eigenvalue weighted by Gasteiger charge is -2.36. The molecule has 0 bridgehead atoms. The van der Waals surface area contributed by atoms with Crippen LogP contribution in [0.4, 0.5) is 22.0 Å². The zero-order valence-electron chi connectivity index (χ0n) is 38.3. The maximum Gasteiger partial charge on any atom is 0.408 e. The molecule has 0 spiro atoms. The normalized spacial score (nSPS) is 21.7. The van der Waals surface area contributed by atoms with Crippen molar-refractivity contribution in [2.75, 3.05) is 20.2 Å². The molecule has 1 saturated carbocycles. The Hall–Kier alpha value is -4.97. The van der Waals surface area contributed by atoms with Crippen molar-refractivity contribution in [1.82, 2.24) is 30.8 Å². The second-order valence-corrected chi connectivity index (χ2v) is 22.2. The van der Waals surface area contributed by atoms with E-state index in [0.717, 1.165) is 23.2 Å². The van der Waals surface area contributed by atoms with Crippen molar-refractivity contribution in [2.24, 2.45) is 16.3 Å². The van der Waals surface area contributed by atoms with Crippen molar-refractivity contribution in [2.45, 2.75) is 116 Å². The van der Waals surface area contributed by atoms with Crippen molar-refractivity contribution in [3.8, 4) is 22.9 Å². The molecule has 6 rings (SSSR count). The third-order valence-corrected chi connectivity index (χ3v) is 15.5. The molecule has 2 fully saturated rings. The lowest BCUT2D eigenvalue weighted by atomic mass is 9.85. The summed E-state index contributed by atoms with van der Waals surface area (Å²) in [7, 11) is -3.15. The number of carbonyl (C=O) groups is 2. The fraction of sp³-hybridized carbons (Fsp3) is 0.500. The number of carbonyl (C=O) groups excluding carboxylic acids is 2. The van der Waals surface area contributed by atoms with E-state index >= 15 is 0 Å². The largest absolute Gasteiger partial charge is 0.497 e. The molecule has 2 aliphatic rings. The average Bonchev–Trinajstić information content (AvgIpc) is 3.50. The van der Waals surface area contributed by atoms with E-state index in [-0.39, 0.29) is 31.3 Å². The molecule has 1 aliphatic carbocycles. The summed E-state index contributed by atoms with van der Waals surface area (Å²) in [5.41, 5.74) is -0.500. The number of methoxy groups -OCH3 is 1. The summed E-state index contributed by atoms with van der Waals surface area (Å²) in [6.07, 6.45) is -5.29. The number of aromatic nitrogens is 2. The number of alkyl halides is 3. The highest BCUT2D eigenvalue weighted by Crippen LogP contribution is 2.71. The highest BCUT2D eigenvalue weighted by molar-refractivity contribution is 7.59. The summed E-state index contributed by atoms with van der Waals surface area (Å²) in [5.74, 6) is -3.67. The Morgan fingerprint density at radius 2 is 1.77 bits per heavy atom. The average molecular weight is 962 g/mol. The number of amidine groups is 1. The van der Waals surface area contributed by atoms with E-state index in [9.17, 15) is 41.0 Å². The van der Waals surface area contributed by atoms with Gasteiger partial charge in [-0.05, 0) is 70.7 Å². The molecular formula is C46H57F5N7O6PS. The van der Waals surface area contributed by atoms with Gasteiger partial charge in [0.15, 0.2) is 0 Å². The number of rotatable bonds is 16. The van der Waals surface area contributed by atoms with Crippen LogP contribution in [0.3, 0.4) is 0 Å². The molecule has 1 aliphatic heterocycles. The molecule has 4 aromatic rings. The predicted molar refractivity (Wildman–Crippen MR) is 245 cm³/mol. The number of amides is 2. The molecule has 0 radical (unpaired) electrons. The Labute approximate surface area is 385 Å². The number of hydrogen-bond acceptors (Lipinski definition) is 10. The van der Waals surface area contributed by atoms with Crippen LogP contribution in [0.2, 0.25) is 0 Å². The van der Waals surface area contributed by atoms with Crippen LogP contribution in [0.1, 0.15) is 78.8 Å². The quantitative estimate of drug-likeness (QED) is 0.0281. The number of fused-ring (bicyclic) bond motifs is 1. The summed E-state index contributed by atoms with van der Waals surface area (Å²) in [4.78, 5) is 55.8. The van der Waals surface area contributed by atoms with E-state index in [0.29, 0.717) is 33.8 Å². The van der Waals surface area contributed by atoms with Gasteiger partial charge in [-0.1, -0.05) is 32.9 Å². The maximum absolute atomic E-state index is 14.8. The van der Waals surface area contributed by atoms with Crippen LogP contribution in [0, 0.1) is 23.0 Å². The molecule has 20 heteroatoms. The van der Waals surface area contributed by atoms with E-state index in [1.165, 1.54) is 36.3 Å². The van der Waals surface area contributed by atoms with Gasteiger partial charge in [0.2, 0.25) is 19.2 Å². The molecule has 2 aromatic carbocycles. The molecule has 6 atom stereocenters. The molecule has 4 N–H and O–H groups in total. The number of halogens is 5. The Balaban J connectivity index is 1.39. The van der Waals surface area contributed by atoms with Gasteiger partial charge in [-0.2, -0.15) is 13.2 Å². The van der Waals surface area contributed by atoms with Crippen LogP contribution in [-0.2, 0) is 25.9 Å². The first-order valence-electron chi connectivity index (χ1n) is 21.4. The molecule has 3 heterocycles. The maximum atomic E-state index is 14.8. The lowest BCUT2D eigenvalue weighted by Crippen LogP contribution is -2.58. The van der Waals surface area contributed by atoms with Gasteiger partial charge in [0.1, 0.15) is 63.8 Å². The molecular weight excluding hydrogens is 905 g/mol. The number of pyridine rings is 1. The van der Waals surface area contributed by atoms with Crippen LogP contribution in [0.25, 0.3) is 22.3 Å². The van der Waals surface area contributed by atoms with E-state index in [1.54, 1.807) is 45.0 Å². The molecule has 13 nitrogen and oxygen atoms in total. The molecule has 2 aromatic heterocycles. The van der Waals surface area contributed by atoms with Gasteiger partial charge in [0.05, 0.1) is 42.4 Å². The highest BCUT2D eigenvalue weighted by atomic mass is 32.1. The molecule has 66 heavy (non-hydrogen) atoms. The van der Waals surface area contributed by atoms with Gasteiger partial charge in [-0.3, -0.25) is 19.1 Å². The molecule has 2 amide bonds. The third-order valence-electron chi connectivity index (χ3n) is 11.7. The predicted octanol–water partition coefficient (Wildman–Crippen LogP) is 8.70. The Morgan fingerprint density at radius 3 is 2.36 bits per heavy atom. The number of benzene rings is 2. The zero-order chi connectivity index (χ0) is 48.7. The number of nitrogens with zero attached hydrogens (tertiary/aromatic N) is 4. The van der Waals surface area contributed by atoms with Gasteiger partial charge in [-0.25, -0.2) is 18.7 Å². The van der Waals surface area contributed by atoms with Gasteiger partial charge >= 0.3 is 6.18 Å². The fourth-order valence-corrected chi connectivity index (χ4v) is 11.7. The minimum atomic E-state index is -4.68. The Bertz CT molecular complexity index is 2540. The number of likely N-dealkylation sites (tertiary alicyclic amines) is 1. The first-order chi connectivity index (χ1) is 30.7. The third kappa shape index (κ3) is 11.1. The topological polar surface area (TPSA) is 167 Å². The molecule has 358 valence electrons. The van der Waals surface area contributed by atoms with E-state index < -0.39 is 95.6 Å². The van der Waals surface area contributed by atoms with Crippen molar-refractivity contribution < 1.29 is 50.5 Å². The minimum absolute atomic E-state index is 0.0774. The summed E-state index contributed by atoms with van der Waals surface area (Å²) in [5, 5.41) is 10.5. The minimum Gasteiger partial charge on any atom is -0.497 e. The van der Waals surface area contributed by atoms with Gasteiger partial charge in [0, 0.05) is 46.8 Å². The SMILES string of the molecule is C=C[C@@H]1C[C@]1(NC(=O)[C@@H]1C[C@@H](Oc2cc(-c3csc(C(C)(C)NC(C)C)n3)nc3cc(OC)ccc23)CN1C(=O)[C@@H](N/C(C)=N/CC(F)(F)F)C(C)(C)C)P(=O)(O)Cc1c(F)cccc1F. The highest BCUT2D eigenvalue weighted by Gasteiger charge is 2.66. The molecule has 1 saturated heterocycles. The van der Waals surface area contributed by atoms with Crippen molar-refractivity contribution in [3.63, 3.8) is 0 Å². The van der Waals surface area contributed by atoms with Crippen LogP contribution >= 0.6 is 18.7 Å². The van der Waals surface area contributed by atoms with Crippen LogP contribution in [0.15, 0.2) is 65.5 Å². The number of nitrogens with one attached hydrogen (secondary N) is 3. The summed E-state index contributed by atoms with van der Waals surface area (Å²) in [6.45, 7) is 16.6. The number of ether oxygens (including phenoxy) is 2. The lowest BCUT2D eigenvalue weighted by molar-refractivity contribution is -0.142. The standard InChI is InChI=1S/C46H57F5N7O6PS/c1-11-27-20-45(27,65(61,62)22-31-32(47)13-12-14-33(31)48)57-40(59)37-18-29(21-58(37)41(60)39(43(5,6)7)53-26(4)52-24-46(49,50)51)64-38-19-35(54-34-17-28(63-10)15-16-30(34)38)36-23-66-42(55-36)44(8,9)56-25(2)3/h11-17,19,23,25,27,29,37,39,56H,1,18,20-22,24H2,2-10H3,(H,52,53)(H,57,59)(H,61,62)/t27-,29-,37+,39-,45+/m1/s1. The van der Waals surface area contributed by atoms with Gasteiger partial charge in [0.25, 0.3) is 0 Å². The smallest absolute Gasteiger partial charge is 0.408 e. The van der Waals surface area contributed by atoms with E-state index in [1.807, 2.05) is 33.1 Å². The van der Waals surface area contributed by atoms with Crippen molar-refractivity contribution in [1.29, 1.82) is 0 Å². The van der Waals surface area contributed by atoms with Gasteiger partial charge < -0.3 is 35.2 Å². The first-order valence-corrected chi connectivity index (χ1v) is 24.1. The van der Waals surface area contributed by atoms with Crippen LogP contribution in [0.5, 0.6) is 11.5 Å². The van der Waals surface area contributed by atoms with Crippen LogP contribution < -0.4 is 25.4 Å². The van der Waals surface area contributed by atoms with Gasteiger partial charge in [-0.15, -0.1) is 17.9 Å². The first kappa shape index (κ1) is 50.4. The Kier molecular flexibility index (Phi) is 14.5. The number of thiazole rings is 1. The van der Waals surface area contributed by atoms with Crippen LogP contribution in [-0.4, -0.2) is 93.3 Å². The molecule has 1 unspecified atom stereocenters. The zero-order valence-corrected chi connectivity index (χ0v) is 40.1. The van der Waals surface area contributed by atoms with E-state index in [4.69, 9.17) is 19.4 Å². The van der Waals surface area contributed by atoms with E-state index in [2.05, 4.69) is 27.5 Å².